The number of aryl methyl sites for hydroxylation is 1. The number of hydrogen-bond acceptors (Lipinski definition) is 7. The zero-order valence-electron chi connectivity index (χ0n) is 17.4. The molecule has 1 aliphatic rings. The highest BCUT2D eigenvalue weighted by atomic mass is 32.1. The van der Waals surface area contributed by atoms with Crippen LogP contribution in [0.5, 0.6) is 5.75 Å². The van der Waals surface area contributed by atoms with Gasteiger partial charge in [0.15, 0.2) is 12.4 Å². The second-order valence-electron chi connectivity index (χ2n) is 7.49. The monoisotopic (exact) mass is 457 g/mol. The summed E-state index contributed by atoms with van der Waals surface area (Å²) in [7, 11) is 0. The van der Waals surface area contributed by atoms with Gasteiger partial charge in [0.05, 0.1) is 16.8 Å². The van der Waals surface area contributed by atoms with Crippen LogP contribution in [0, 0.1) is 12.7 Å². The SMILES string of the molecule is CC(=O)N1CCc2sc(C(=O)COC(=O)c3nn(-c4ccc(F)cc4C)cc3O)cc2C1. The Morgan fingerprint density at radius 1 is 1.28 bits per heavy atom. The number of esters is 1. The van der Waals surface area contributed by atoms with Gasteiger partial charge in [-0.15, -0.1) is 11.3 Å². The molecular weight excluding hydrogens is 437 g/mol. The Morgan fingerprint density at radius 3 is 2.78 bits per heavy atom. The van der Waals surface area contributed by atoms with Crippen molar-refractivity contribution in [1.29, 1.82) is 0 Å². The van der Waals surface area contributed by atoms with E-state index < -0.39 is 24.1 Å². The highest BCUT2D eigenvalue weighted by Crippen LogP contribution is 2.29. The van der Waals surface area contributed by atoms with Crippen molar-refractivity contribution in [1.82, 2.24) is 14.7 Å². The largest absolute Gasteiger partial charge is 0.504 e. The van der Waals surface area contributed by atoms with E-state index in [1.807, 2.05) is 0 Å². The molecule has 1 aliphatic heterocycles. The number of rotatable bonds is 5. The van der Waals surface area contributed by atoms with Crippen molar-refractivity contribution in [3.8, 4) is 11.4 Å². The maximum atomic E-state index is 13.3. The van der Waals surface area contributed by atoms with Crippen LogP contribution in [0.4, 0.5) is 4.39 Å². The second kappa shape index (κ2) is 8.54. The third-order valence-electron chi connectivity index (χ3n) is 5.22. The number of benzene rings is 1. The number of aromatic nitrogens is 2. The maximum Gasteiger partial charge on any atom is 0.363 e. The molecule has 0 atom stereocenters. The van der Waals surface area contributed by atoms with E-state index in [-0.39, 0.29) is 17.4 Å². The molecule has 0 saturated carbocycles. The number of carbonyl (C=O) groups excluding carboxylic acids is 3. The fraction of sp³-hybridized carbons (Fsp3) is 0.273. The Labute approximate surface area is 186 Å². The summed E-state index contributed by atoms with van der Waals surface area (Å²) in [5, 5.41) is 14.1. The molecule has 1 N–H and O–H groups in total. The number of aromatic hydroxyl groups is 1. The zero-order chi connectivity index (χ0) is 23.0. The lowest BCUT2D eigenvalue weighted by Crippen LogP contribution is -2.33. The van der Waals surface area contributed by atoms with Gasteiger partial charge >= 0.3 is 5.97 Å². The lowest BCUT2D eigenvalue weighted by Gasteiger charge is -2.25. The van der Waals surface area contributed by atoms with Gasteiger partial charge in [-0.25, -0.2) is 13.9 Å². The number of carbonyl (C=O) groups is 3. The van der Waals surface area contributed by atoms with Gasteiger partial charge in [-0.05, 0) is 48.7 Å². The molecule has 0 spiro atoms. The van der Waals surface area contributed by atoms with Crippen molar-refractivity contribution >= 4 is 29.0 Å². The minimum absolute atomic E-state index is 0.0151. The molecule has 3 aromatic rings. The van der Waals surface area contributed by atoms with Crippen molar-refractivity contribution < 1.29 is 28.6 Å². The number of ether oxygens (including phenoxy) is 1. The normalized spacial score (nSPS) is 13.0. The molecule has 0 saturated heterocycles. The number of halogens is 1. The Morgan fingerprint density at radius 2 is 2.06 bits per heavy atom. The van der Waals surface area contributed by atoms with Gasteiger partial charge < -0.3 is 14.7 Å². The molecule has 0 fully saturated rings. The second-order valence-corrected chi connectivity index (χ2v) is 8.62. The first-order valence-corrected chi connectivity index (χ1v) is 10.7. The van der Waals surface area contributed by atoms with Gasteiger partial charge in [0.1, 0.15) is 5.82 Å². The number of nitrogens with zero attached hydrogens (tertiary/aromatic N) is 3. The molecule has 3 heterocycles. The molecule has 0 unspecified atom stereocenters. The third kappa shape index (κ3) is 4.26. The fourth-order valence-corrected chi connectivity index (χ4v) is 4.61. The molecule has 2 aromatic heterocycles. The van der Waals surface area contributed by atoms with Crippen LogP contribution in [-0.2, 0) is 22.5 Å². The summed E-state index contributed by atoms with van der Waals surface area (Å²) in [6.45, 7) is 3.75. The average Bonchev–Trinajstić information content (AvgIpc) is 3.34. The minimum Gasteiger partial charge on any atom is -0.504 e. The summed E-state index contributed by atoms with van der Waals surface area (Å²) >= 11 is 1.33. The van der Waals surface area contributed by atoms with E-state index in [1.54, 1.807) is 17.9 Å². The van der Waals surface area contributed by atoms with E-state index in [2.05, 4.69) is 5.10 Å². The fourth-order valence-electron chi connectivity index (χ4n) is 3.52. The van der Waals surface area contributed by atoms with Gasteiger partial charge in [0, 0.05) is 24.9 Å². The first-order valence-electron chi connectivity index (χ1n) is 9.85. The van der Waals surface area contributed by atoms with Crippen molar-refractivity contribution in [3.63, 3.8) is 0 Å². The van der Waals surface area contributed by atoms with Crippen LogP contribution in [0.1, 0.15) is 43.1 Å². The third-order valence-corrected chi connectivity index (χ3v) is 6.49. The van der Waals surface area contributed by atoms with Crippen molar-refractivity contribution in [3.05, 3.63) is 62.9 Å². The Bertz CT molecular complexity index is 1230. The topological polar surface area (TPSA) is 102 Å². The van der Waals surface area contributed by atoms with E-state index in [9.17, 15) is 23.9 Å². The highest BCUT2D eigenvalue weighted by Gasteiger charge is 2.24. The average molecular weight is 457 g/mol. The van der Waals surface area contributed by atoms with Gasteiger partial charge in [0.2, 0.25) is 17.4 Å². The molecule has 32 heavy (non-hydrogen) atoms. The van der Waals surface area contributed by atoms with Crippen molar-refractivity contribution in [2.75, 3.05) is 13.2 Å². The molecule has 0 aliphatic carbocycles. The molecule has 8 nitrogen and oxygen atoms in total. The molecule has 1 aromatic carbocycles. The minimum atomic E-state index is -0.946. The van der Waals surface area contributed by atoms with Crippen LogP contribution < -0.4 is 0 Å². The van der Waals surface area contributed by atoms with Crippen LogP contribution in [0.15, 0.2) is 30.5 Å². The molecular formula is C22H20FN3O5S. The predicted molar refractivity (Wildman–Crippen MR) is 114 cm³/mol. The van der Waals surface area contributed by atoms with Crippen LogP contribution >= 0.6 is 11.3 Å². The smallest absolute Gasteiger partial charge is 0.363 e. The van der Waals surface area contributed by atoms with Crippen molar-refractivity contribution in [2.45, 2.75) is 26.8 Å². The molecule has 0 radical (unpaired) electrons. The van der Waals surface area contributed by atoms with Crippen LogP contribution in [0.25, 0.3) is 5.69 Å². The summed E-state index contributed by atoms with van der Waals surface area (Å²) in [5.41, 5.74) is 1.63. The molecule has 10 heteroatoms. The first-order chi connectivity index (χ1) is 15.2. The number of thiophene rings is 1. The predicted octanol–water partition coefficient (Wildman–Crippen LogP) is 3.03. The maximum absolute atomic E-state index is 13.3. The van der Waals surface area contributed by atoms with Crippen LogP contribution in [-0.4, -0.2) is 50.6 Å². The summed E-state index contributed by atoms with van der Waals surface area (Å²) in [5.74, 6) is -2.16. The quantitative estimate of drug-likeness (QED) is 0.467. The van der Waals surface area contributed by atoms with Gasteiger partial charge in [-0.1, -0.05) is 0 Å². The lowest BCUT2D eigenvalue weighted by atomic mass is 10.1. The standard InChI is InChI=1S/C22H20FN3O5S/c1-12-7-15(23)3-4-16(12)26-10-17(28)21(24-26)22(30)31-11-18(29)20-8-14-9-25(13(2)27)6-5-19(14)32-20/h3-4,7-8,10,28H,5-6,9,11H2,1-2H3. The Kier molecular flexibility index (Phi) is 5.79. The van der Waals surface area contributed by atoms with Crippen LogP contribution in [0.2, 0.25) is 0 Å². The number of ketones is 1. The van der Waals surface area contributed by atoms with Gasteiger partial charge in [-0.3, -0.25) is 9.59 Å². The van der Waals surface area contributed by atoms with Gasteiger partial charge in [0.25, 0.3) is 0 Å². The van der Waals surface area contributed by atoms with E-state index in [4.69, 9.17) is 4.74 Å². The zero-order valence-corrected chi connectivity index (χ0v) is 18.2. The van der Waals surface area contributed by atoms with Crippen LogP contribution in [0.3, 0.4) is 0 Å². The number of Topliss-reactive ketones (excluding diaryl/α,β-unsaturated/α-hetero) is 1. The molecule has 4 rings (SSSR count). The molecule has 166 valence electrons. The lowest BCUT2D eigenvalue weighted by molar-refractivity contribution is -0.129. The summed E-state index contributed by atoms with van der Waals surface area (Å²) in [6, 6.07) is 5.76. The van der Waals surface area contributed by atoms with E-state index in [0.717, 1.165) is 10.4 Å². The van der Waals surface area contributed by atoms with Gasteiger partial charge in [-0.2, -0.15) is 5.10 Å². The van der Waals surface area contributed by atoms with E-state index in [1.165, 1.54) is 47.3 Å². The number of hydrogen-bond donors (Lipinski definition) is 1. The molecule has 0 bridgehead atoms. The summed E-state index contributed by atoms with van der Waals surface area (Å²) in [4.78, 5) is 39.7. The first kappa shape index (κ1) is 21.7. The van der Waals surface area contributed by atoms with E-state index in [0.29, 0.717) is 35.6 Å². The summed E-state index contributed by atoms with van der Waals surface area (Å²) in [6.07, 6.45) is 1.90. The number of amides is 1. The Balaban J connectivity index is 1.43. The molecule has 1 amide bonds. The van der Waals surface area contributed by atoms with E-state index >= 15 is 0 Å². The Hall–Kier alpha value is -3.53. The summed E-state index contributed by atoms with van der Waals surface area (Å²) < 4.78 is 19.6. The van der Waals surface area contributed by atoms with Crippen molar-refractivity contribution in [2.24, 2.45) is 0 Å². The highest BCUT2D eigenvalue weighted by molar-refractivity contribution is 7.14. The number of fused-ring (bicyclic) bond motifs is 1.